The van der Waals surface area contributed by atoms with Gasteiger partial charge in [-0.05, 0) is 19.3 Å². The third-order valence-corrected chi connectivity index (χ3v) is 8.52. The second-order valence-electron chi connectivity index (χ2n) is 7.26. The van der Waals surface area contributed by atoms with Crippen LogP contribution in [0.25, 0.3) is 0 Å². The number of hydrogen-bond donors (Lipinski definition) is 0. The molecule has 0 N–H and O–H groups in total. The smallest absolute Gasteiger partial charge is 0.235 e. The Balaban J connectivity index is 1.57. The first-order valence-corrected chi connectivity index (χ1v) is 11.1. The van der Waals surface area contributed by atoms with Gasteiger partial charge in [0.05, 0.1) is 31.6 Å². The zero-order chi connectivity index (χ0) is 19.3. The summed E-state index contributed by atoms with van der Waals surface area (Å²) in [4.78, 5) is 24.3. The van der Waals surface area contributed by atoms with Crippen molar-refractivity contribution in [3.63, 3.8) is 0 Å². The van der Waals surface area contributed by atoms with Gasteiger partial charge in [0.1, 0.15) is 4.84 Å². The van der Waals surface area contributed by atoms with Crippen molar-refractivity contribution in [1.29, 1.82) is 0 Å². The Morgan fingerprint density at radius 3 is 1.85 bits per heavy atom. The van der Waals surface area contributed by atoms with Gasteiger partial charge >= 0.3 is 0 Å². The molecular formula is C17H19Cl6NO2. The Hall–Kier alpha value is 0.620. The number of halogens is 6. The topological polar surface area (TPSA) is 37.4 Å². The van der Waals surface area contributed by atoms with Crippen molar-refractivity contribution in [2.24, 2.45) is 11.8 Å². The largest absolute Gasteiger partial charge is 0.282 e. The third kappa shape index (κ3) is 3.29. The van der Waals surface area contributed by atoms with Gasteiger partial charge in [0, 0.05) is 6.54 Å². The standard InChI is InChI=1S/C17H19Cl6NO2/c18-9(19)6-4-2-1-3-5-7-24-14(25)10-11(15(24)26)17(23)8-16(10,22)12(20)13(17)21/h9-11H,1-8H2. The molecule has 2 amide bonds. The molecule has 0 radical (unpaired) electrons. The van der Waals surface area contributed by atoms with Crippen LogP contribution < -0.4 is 0 Å². The molecule has 9 heteroatoms. The van der Waals surface area contributed by atoms with E-state index in [9.17, 15) is 9.59 Å². The molecule has 0 aromatic rings. The second-order valence-corrected chi connectivity index (χ2v) is 10.6. The number of fused-ring (bicyclic) bond motifs is 5. The molecule has 2 fully saturated rings. The highest BCUT2D eigenvalue weighted by molar-refractivity contribution is 6.52. The number of carbonyl (C=O) groups excluding carboxylic acids is 2. The number of imide groups is 1. The average molecular weight is 482 g/mol. The summed E-state index contributed by atoms with van der Waals surface area (Å²) in [5.74, 6) is -2.03. The van der Waals surface area contributed by atoms with Gasteiger partial charge in [-0.25, -0.2) is 0 Å². The van der Waals surface area contributed by atoms with E-state index in [4.69, 9.17) is 69.6 Å². The predicted octanol–water partition coefficient (Wildman–Crippen LogP) is 5.79. The second kappa shape index (κ2) is 7.80. The van der Waals surface area contributed by atoms with Crippen LogP contribution in [-0.4, -0.2) is 37.8 Å². The quantitative estimate of drug-likeness (QED) is 0.250. The zero-order valence-electron chi connectivity index (χ0n) is 13.9. The number of allylic oxidation sites excluding steroid dienone is 2. The van der Waals surface area contributed by atoms with Gasteiger partial charge in [0.25, 0.3) is 0 Å². The van der Waals surface area contributed by atoms with Crippen LogP contribution in [0, 0.1) is 11.8 Å². The lowest BCUT2D eigenvalue weighted by molar-refractivity contribution is -0.140. The molecule has 2 bridgehead atoms. The number of amides is 2. The van der Waals surface area contributed by atoms with Crippen molar-refractivity contribution in [2.45, 2.75) is 59.5 Å². The maximum atomic E-state index is 12.8. The van der Waals surface area contributed by atoms with Gasteiger partial charge in [0.2, 0.25) is 11.8 Å². The number of hydrogen-bond acceptors (Lipinski definition) is 2. The van der Waals surface area contributed by atoms with E-state index < -0.39 is 21.6 Å². The SMILES string of the molecule is O=C1C2C(C(=O)N1CCCCCCCC(Cl)Cl)C1(Cl)CC2(Cl)C(Cl)=C1Cl. The van der Waals surface area contributed by atoms with Crippen LogP contribution in [0.5, 0.6) is 0 Å². The van der Waals surface area contributed by atoms with Gasteiger partial charge in [-0.3, -0.25) is 14.5 Å². The van der Waals surface area contributed by atoms with Crippen molar-refractivity contribution < 1.29 is 9.59 Å². The maximum Gasteiger partial charge on any atom is 0.235 e. The van der Waals surface area contributed by atoms with Crippen LogP contribution in [-0.2, 0) is 9.59 Å². The van der Waals surface area contributed by atoms with E-state index >= 15 is 0 Å². The minimum atomic E-state index is -1.16. The minimum absolute atomic E-state index is 0.206. The average Bonchev–Trinajstić information content (AvgIpc) is 3.04. The third-order valence-electron chi connectivity index (χ3n) is 5.62. The van der Waals surface area contributed by atoms with Crippen molar-refractivity contribution >= 4 is 81.4 Å². The van der Waals surface area contributed by atoms with E-state index in [-0.39, 0.29) is 33.1 Å². The lowest BCUT2D eigenvalue weighted by Gasteiger charge is -2.29. The summed E-state index contributed by atoms with van der Waals surface area (Å²) in [6.07, 6.45) is 5.63. The Kier molecular flexibility index (Phi) is 6.40. The molecular weight excluding hydrogens is 463 g/mol. The first-order chi connectivity index (χ1) is 12.1. The molecule has 0 spiro atoms. The zero-order valence-corrected chi connectivity index (χ0v) is 18.5. The van der Waals surface area contributed by atoms with Crippen LogP contribution in [0.15, 0.2) is 10.1 Å². The summed E-state index contributed by atoms with van der Waals surface area (Å²) in [6, 6.07) is 0. The van der Waals surface area contributed by atoms with E-state index in [0.717, 1.165) is 38.5 Å². The molecule has 0 aromatic carbocycles. The van der Waals surface area contributed by atoms with Crippen molar-refractivity contribution in [3.8, 4) is 0 Å². The van der Waals surface area contributed by atoms with E-state index in [1.165, 1.54) is 4.90 Å². The molecule has 3 nitrogen and oxygen atoms in total. The Morgan fingerprint density at radius 2 is 1.35 bits per heavy atom. The molecule has 4 atom stereocenters. The Labute approximate surface area is 183 Å². The monoisotopic (exact) mass is 479 g/mol. The predicted molar refractivity (Wildman–Crippen MR) is 107 cm³/mol. The first-order valence-electron chi connectivity index (χ1n) is 8.72. The summed E-state index contributed by atoms with van der Waals surface area (Å²) >= 11 is 37.1. The highest BCUT2D eigenvalue weighted by atomic mass is 35.5. The fourth-order valence-electron chi connectivity index (χ4n) is 4.36. The number of carbonyl (C=O) groups is 2. The molecule has 1 heterocycles. The number of rotatable bonds is 8. The lowest BCUT2D eigenvalue weighted by atomic mass is 9.84. The number of likely N-dealkylation sites (tertiary alicyclic amines) is 1. The van der Waals surface area contributed by atoms with Crippen LogP contribution >= 0.6 is 69.6 Å². The van der Waals surface area contributed by atoms with E-state index in [0.29, 0.717) is 6.54 Å². The highest BCUT2D eigenvalue weighted by Crippen LogP contribution is 2.69. The van der Waals surface area contributed by atoms with Crippen molar-refractivity contribution in [3.05, 3.63) is 10.1 Å². The summed E-state index contributed by atoms with van der Waals surface area (Å²) in [6.45, 7) is 0.369. The van der Waals surface area contributed by atoms with Gasteiger partial charge in [-0.1, -0.05) is 48.9 Å². The molecule has 2 aliphatic carbocycles. The molecule has 1 aliphatic heterocycles. The first kappa shape index (κ1) is 21.3. The fourth-order valence-corrected chi connectivity index (χ4v) is 6.58. The Bertz CT molecular complexity index is 611. The van der Waals surface area contributed by atoms with Gasteiger partial charge in [-0.2, -0.15) is 0 Å². The van der Waals surface area contributed by atoms with Gasteiger partial charge in [-0.15, -0.1) is 46.4 Å². The van der Waals surface area contributed by atoms with E-state index in [1.54, 1.807) is 0 Å². The van der Waals surface area contributed by atoms with Gasteiger partial charge < -0.3 is 0 Å². The van der Waals surface area contributed by atoms with Crippen molar-refractivity contribution in [2.75, 3.05) is 6.54 Å². The van der Waals surface area contributed by atoms with Crippen LogP contribution in [0.4, 0.5) is 0 Å². The molecule has 1 saturated carbocycles. The van der Waals surface area contributed by atoms with Crippen LogP contribution in [0.2, 0.25) is 0 Å². The van der Waals surface area contributed by atoms with Crippen molar-refractivity contribution in [1.82, 2.24) is 4.90 Å². The van der Waals surface area contributed by atoms with E-state index in [1.807, 2.05) is 0 Å². The maximum absolute atomic E-state index is 12.8. The number of alkyl halides is 4. The molecule has 146 valence electrons. The highest BCUT2D eigenvalue weighted by Gasteiger charge is 2.76. The number of nitrogens with zero attached hydrogens (tertiary/aromatic N) is 1. The summed E-state index contributed by atoms with van der Waals surface area (Å²) in [5, 5.41) is 0.411. The lowest BCUT2D eigenvalue weighted by Crippen LogP contribution is -2.38. The van der Waals surface area contributed by atoms with Crippen LogP contribution in [0.3, 0.4) is 0 Å². The summed E-state index contributed by atoms with van der Waals surface area (Å²) < 4.78 is 0. The van der Waals surface area contributed by atoms with E-state index in [2.05, 4.69) is 0 Å². The molecule has 3 aliphatic rings. The molecule has 26 heavy (non-hydrogen) atoms. The summed E-state index contributed by atoms with van der Waals surface area (Å²) in [7, 11) is 0. The molecule has 1 saturated heterocycles. The molecule has 0 aromatic heterocycles. The molecule has 4 unspecified atom stereocenters. The van der Waals surface area contributed by atoms with Crippen LogP contribution in [0.1, 0.15) is 44.9 Å². The minimum Gasteiger partial charge on any atom is -0.282 e. The normalized spacial score (nSPS) is 36.0. The molecule has 3 rings (SSSR count). The Morgan fingerprint density at radius 1 is 0.885 bits per heavy atom. The fraction of sp³-hybridized carbons (Fsp3) is 0.765. The van der Waals surface area contributed by atoms with Gasteiger partial charge in [0.15, 0.2) is 0 Å². The summed E-state index contributed by atoms with van der Waals surface area (Å²) in [5.41, 5.74) is 0. The number of unbranched alkanes of at least 4 members (excludes halogenated alkanes) is 4.